The number of halogens is 1. The number of aromatic nitrogens is 3. The number of rotatable bonds is 2. The van der Waals surface area contributed by atoms with Crippen LogP contribution >= 0.6 is 11.6 Å². The predicted octanol–water partition coefficient (Wildman–Crippen LogP) is 1.66. The molecule has 1 saturated heterocycles. The van der Waals surface area contributed by atoms with Crippen LogP contribution in [0.2, 0.25) is 5.02 Å². The Kier molecular flexibility index (Phi) is 4.13. The van der Waals surface area contributed by atoms with Gasteiger partial charge in [-0.3, -0.25) is 4.79 Å². The molecule has 116 valence electrons. The highest BCUT2D eigenvalue weighted by molar-refractivity contribution is 6.32. The minimum atomic E-state index is -0.136. The summed E-state index contributed by atoms with van der Waals surface area (Å²) in [6, 6.07) is 7.51. The van der Waals surface area contributed by atoms with E-state index in [0.29, 0.717) is 17.4 Å². The van der Waals surface area contributed by atoms with Crippen molar-refractivity contribution in [3.8, 4) is 5.69 Å². The Hall–Kier alpha value is -1.92. The summed E-state index contributed by atoms with van der Waals surface area (Å²) in [5, 5.41) is 8.20. The van der Waals surface area contributed by atoms with Crippen molar-refractivity contribution >= 4 is 17.5 Å². The Balaban J connectivity index is 1.92. The summed E-state index contributed by atoms with van der Waals surface area (Å²) in [5.41, 5.74) is 0.724. The molecule has 6 nitrogen and oxygen atoms in total. The number of carbonyl (C=O) groups is 1. The first kappa shape index (κ1) is 15.0. The van der Waals surface area contributed by atoms with E-state index >= 15 is 0 Å². The third kappa shape index (κ3) is 2.71. The fourth-order valence-electron chi connectivity index (χ4n) is 2.60. The van der Waals surface area contributed by atoms with Gasteiger partial charge in [-0.15, -0.1) is 5.10 Å². The molecular formula is C15H18ClN5O. The standard InChI is InChI=1S/C15H18ClN5O/c1-10-9-17-7-8-20(10)15(22)14-18-11(2)21(19-14)13-6-4-3-5-12(13)16/h3-6,10,17H,7-9H2,1-2H3/t10-/m1/s1. The number of nitrogens with zero attached hydrogens (tertiary/aromatic N) is 4. The van der Waals surface area contributed by atoms with Crippen molar-refractivity contribution in [1.82, 2.24) is 25.0 Å². The summed E-state index contributed by atoms with van der Waals surface area (Å²) < 4.78 is 1.61. The van der Waals surface area contributed by atoms with Gasteiger partial charge in [0.15, 0.2) is 0 Å². The lowest BCUT2D eigenvalue weighted by Gasteiger charge is -2.33. The zero-order chi connectivity index (χ0) is 15.7. The van der Waals surface area contributed by atoms with E-state index in [1.54, 1.807) is 10.7 Å². The molecule has 1 atom stereocenters. The number of benzene rings is 1. The molecular weight excluding hydrogens is 302 g/mol. The molecule has 7 heteroatoms. The smallest absolute Gasteiger partial charge is 0.293 e. The van der Waals surface area contributed by atoms with Gasteiger partial charge in [0.2, 0.25) is 5.82 Å². The molecule has 0 aliphatic carbocycles. The first-order chi connectivity index (χ1) is 10.6. The number of para-hydroxylation sites is 1. The number of hydrogen-bond acceptors (Lipinski definition) is 4. The molecule has 3 rings (SSSR count). The second-order valence-corrected chi connectivity index (χ2v) is 5.80. The van der Waals surface area contributed by atoms with Crippen molar-refractivity contribution in [2.24, 2.45) is 0 Å². The van der Waals surface area contributed by atoms with Gasteiger partial charge in [-0.1, -0.05) is 23.7 Å². The number of nitrogens with one attached hydrogen (secondary N) is 1. The van der Waals surface area contributed by atoms with Crippen LogP contribution in [0.3, 0.4) is 0 Å². The van der Waals surface area contributed by atoms with E-state index in [1.807, 2.05) is 36.9 Å². The van der Waals surface area contributed by atoms with Gasteiger partial charge in [0, 0.05) is 25.7 Å². The average Bonchev–Trinajstić information content (AvgIpc) is 2.89. The van der Waals surface area contributed by atoms with Crippen molar-refractivity contribution in [3.05, 3.63) is 40.9 Å². The summed E-state index contributed by atoms with van der Waals surface area (Å²) in [4.78, 5) is 18.7. The third-order valence-electron chi connectivity index (χ3n) is 3.80. The number of amides is 1. The Labute approximate surface area is 134 Å². The first-order valence-electron chi connectivity index (χ1n) is 7.28. The summed E-state index contributed by atoms with van der Waals surface area (Å²) in [6.45, 7) is 6.08. The van der Waals surface area contributed by atoms with Crippen LogP contribution in [0.15, 0.2) is 24.3 Å². The molecule has 1 amide bonds. The summed E-state index contributed by atoms with van der Waals surface area (Å²) in [6.07, 6.45) is 0. The zero-order valence-electron chi connectivity index (χ0n) is 12.6. The van der Waals surface area contributed by atoms with E-state index < -0.39 is 0 Å². The highest BCUT2D eigenvalue weighted by Crippen LogP contribution is 2.20. The van der Waals surface area contributed by atoms with Crippen LogP contribution in [0.25, 0.3) is 5.69 Å². The Morgan fingerprint density at radius 1 is 1.41 bits per heavy atom. The van der Waals surface area contributed by atoms with Gasteiger partial charge in [0.05, 0.1) is 10.7 Å². The van der Waals surface area contributed by atoms with Crippen LogP contribution in [0.5, 0.6) is 0 Å². The topological polar surface area (TPSA) is 63.1 Å². The molecule has 1 aliphatic heterocycles. The fourth-order valence-corrected chi connectivity index (χ4v) is 2.82. The predicted molar refractivity (Wildman–Crippen MR) is 84.5 cm³/mol. The number of hydrogen-bond donors (Lipinski definition) is 1. The molecule has 0 bridgehead atoms. The zero-order valence-corrected chi connectivity index (χ0v) is 13.3. The molecule has 22 heavy (non-hydrogen) atoms. The number of carbonyl (C=O) groups excluding carboxylic acids is 1. The quantitative estimate of drug-likeness (QED) is 0.914. The van der Waals surface area contributed by atoms with Crippen LogP contribution in [0.1, 0.15) is 23.4 Å². The highest BCUT2D eigenvalue weighted by atomic mass is 35.5. The fraction of sp³-hybridized carbons (Fsp3) is 0.400. The molecule has 0 saturated carbocycles. The van der Waals surface area contributed by atoms with E-state index in [0.717, 1.165) is 18.8 Å². The Morgan fingerprint density at radius 2 is 2.18 bits per heavy atom. The number of aryl methyl sites for hydroxylation is 1. The van der Waals surface area contributed by atoms with Gasteiger partial charge in [-0.2, -0.15) is 0 Å². The lowest BCUT2D eigenvalue weighted by molar-refractivity contribution is 0.0643. The minimum Gasteiger partial charge on any atom is -0.331 e. The molecule has 1 fully saturated rings. The molecule has 0 unspecified atom stereocenters. The average molecular weight is 320 g/mol. The lowest BCUT2D eigenvalue weighted by atomic mass is 10.2. The molecule has 1 aromatic carbocycles. The molecule has 1 N–H and O–H groups in total. The van der Waals surface area contributed by atoms with E-state index in [9.17, 15) is 4.79 Å². The minimum absolute atomic E-state index is 0.133. The van der Waals surface area contributed by atoms with E-state index in [-0.39, 0.29) is 17.8 Å². The van der Waals surface area contributed by atoms with Crippen LogP contribution in [-0.4, -0.2) is 51.2 Å². The normalized spacial score (nSPS) is 18.5. The largest absolute Gasteiger partial charge is 0.331 e. The first-order valence-corrected chi connectivity index (χ1v) is 7.66. The van der Waals surface area contributed by atoms with Gasteiger partial charge in [0.1, 0.15) is 5.82 Å². The second-order valence-electron chi connectivity index (χ2n) is 5.40. The maximum absolute atomic E-state index is 12.6. The summed E-state index contributed by atoms with van der Waals surface area (Å²) in [7, 11) is 0. The Bertz CT molecular complexity index is 699. The van der Waals surface area contributed by atoms with Gasteiger partial charge in [-0.25, -0.2) is 9.67 Å². The third-order valence-corrected chi connectivity index (χ3v) is 4.12. The van der Waals surface area contributed by atoms with Crippen LogP contribution in [-0.2, 0) is 0 Å². The van der Waals surface area contributed by atoms with E-state index in [2.05, 4.69) is 15.4 Å². The maximum atomic E-state index is 12.6. The van der Waals surface area contributed by atoms with Crippen molar-refractivity contribution < 1.29 is 4.79 Å². The number of piperazine rings is 1. The Morgan fingerprint density at radius 3 is 2.91 bits per heavy atom. The molecule has 1 aliphatic rings. The monoisotopic (exact) mass is 319 g/mol. The van der Waals surface area contributed by atoms with Crippen LogP contribution in [0, 0.1) is 6.92 Å². The van der Waals surface area contributed by atoms with Crippen molar-refractivity contribution in [2.75, 3.05) is 19.6 Å². The maximum Gasteiger partial charge on any atom is 0.293 e. The van der Waals surface area contributed by atoms with Gasteiger partial charge < -0.3 is 10.2 Å². The highest BCUT2D eigenvalue weighted by Gasteiger charge is 2.27. The SMILES string of the molecule is Cc1nc(C(=O)N2CCNC[C@H]2C)nn1-c1ccccc1Cl. The molecule has 1 aromatic heterocycles. The van der Waals surface area contributed by atoms with Crippen molar-refractivity contribution in [1.29, 1.82) is 0 Å². The van der Waals surface area contributed by atoms with Gasteiger partial charge in [0.25, 0.3) is 5.91 Å². The van der Waals surface area contributed by atoms with Gasteiger partial charge in [-0.05, 0) is 26.0 Å². The van der Waals surface area contributed by atoms with Gasteiger partial charge >= 0.3 is 0 Å². The second kappa shape index (κ2) is 6.06. The molecule has 0 radical (unpaired) electrons. The van der Waals surface area contributed by atoms with Crippen LogP contribution in [0.4, 0.5) is 0 Å². The lowest BCUT2D eigenvalue weighted by Crippen LogP contribution is -2.52. The van der Waals surface area contributed by atoms with Crippen molar-refractivity contribution in [2.45, 2.75) is 19.9 Å². The van der Waals surface area contributed by atoms with E-state index in [4.69, 9.17) is 11.6 Å². The molecule has 2 aromatic rings. The molecule has 2 heterocycles. The summed E-state index contributed by atoms with van der Waals surface area (Å²) in [5.74, 6) is 0.716. The van der Waals surface area contributed by atoms with Crippen LogP contribution < -0.4 is 5.32 Å². The summed E-state index contributed by atoms with van der Waals surface area (Å²) >= 11 is 6.20. The van der Waals surface area contributed by atoms with E-state index in [1.165, 1.54) is 0 Å². The van der Waals surface area contributed by atoms with Crippen molar-refractivity contribution in [3.63, 3.8) is 0 Å². The molecule has 0 spiro atoms.